The van der Waals surface area contributed by atoms with Crippen molar-refractivity contribution in [3.8, 4) is 0 Å². The molecule has 32 heavy (non-hydrogen) atoms. The van der Waals surface area contributed by atoms with Crippen LogP contribution in [0.25, 0.3) is 10.9 Å². The number of anilines is 1. The largest absolute Gasteiger partial charge is 0.396 e. The molecule has 1 aromatic heterocycles. The Labute approximate surface area is 190 Å². The van der Waals surface area contributed by atoms with E-state index in [2.05, 4.69) is 4.98 Å². The van der Waals surface area contributed by atoms with Gasteiger partial charge in [0.2, 0.25) is 5.91 Å². The Morgan fingerprint density at radius 2 is 2.00 bits per heavy atom. The van der Waals surface area contributed by atoms with E-state index >= 15 is 0 Å². The first-order valence-electron chi connectivity index (χ1n) is 10.6. The number of para-hydroxylation sites is 1. The minimum absolute atomic E-state index is 0.00465. The van der Waals surface area contributed by atoms with Gasteiger partial charge in [-0.15, -0.1) is 0 Å². The number of fused-ring (bicyclic) bond motifs is 2. The smallest absolute Gasteiger partial charge is 0.262 e. The van der Waals surface area contributed by atoms with E-state index in [1.165, 1.54) is 11.8 Å². The number of aliphatic hydroxyl groups is 1. The van der Waals surface area contributed by atoms with Crippen molar-refractivity contribution in [1.82, 2.24) is 9.55 Å². The molecule has 2 aromatic carbocycles. The van der Waals surface area contributed by atoms with Gasteiger partial charge in [0.05, 0.1) is 16.2 Å². The average molecular weight is 452 g/mol. The minimum atomic E-state index is -0.466. The maximum atomic E-state index is 13.2. The summed E-state index contributed by atoms with van der Waals surface area (Å²) in [4.78, 5) is 44.3. The van der Waals surface area contributed by atoms with E-state index in [4.69, 9.17) is 0 Å². The number of hydrogen-bond acceptors (Lipinski definition) is 6. The summed E-state index contributed by atoms with van der Waals surface area (Å²) in [6, 6.07) is 12.6. The third kappa shape index (κ3) is 4.20. The molecule has 7 nitrogen and oxygen atoms in total. The zero-order valence-corrected chi connectivity index (χ0v) is 18.9. The van der Waals surface area contributed by atoms with Gasteiger partial charge in [0, 0.05) is 37.9 Å². The average Bonchev–Trinajstić information content (AvgIpc) is 3.22. The van der Waals surface area contributed by atoms with Crippen LogP contribution in [0.15, 0.2) is 52.4 Å². The summed E-state index contributed by atoms with van der Waals surface area (Å²) in [5, 5.41) is 9.76. The number of ketones is 1. The first-order valence-corrected chi connectivity index (χ1v) is 11.5. The maximum absolute atomic E-state index is 13.2. The number of thioether (sulfide) groups is 1. The van der Waals surface area contributed by atoms with Crippen LogP contribution in [0, 0.1) is 0 Å². The van der Waals surface area contributed by atoms with Crippen LogP contribution < -0.4 is 10.5 Å². The quantitative estimate of drug-likeness (QED) is 0.337. The number of rotatable bonds is 7. The van der Waals surface area contributed by atoms with E-state index in [-0.39, 0.29) is 23.9 Å². The van der Waals surface area contributed by atoms with Gasteiger partial charge in [-0.05, 0) is 55.7 Å². The molecule has 1 aliphatic heterocycles. The molecular weight excluding hydrogens is 426 g/mol. The van der Waals surface area contributed by atoms with Crippen LogP contribution in [0.1, 0.15) is 36.2 Å². The molecule has 2 heterocycles. The Morgan fingerprint density at radius 1 is 1.22 bits per heavy atom. The number of aromatic nitrogens is 2. The first kappa shape index (κ1) is 22.2. The number of benzene rings is 2. The topological polar surface area (TPSA) is 92.5 Å². The molecule has 0 bridgehead atoms. The molecule has 0 spiro atoms. The van der Waals surface area contributed by atoms with Crippen molar-refractivity contribution < 1.29 is 14.7 Å². The van der Waals surface area contributed by atoms with Crippen molar-refractivity contribution in [2.75, 3.05) is 18.1 Å². The van der Waals surface area contributed by atoms with Crippen LogP contribution >= 0.6 is 11.8 Å². The molecular formula is C24H25N3O4S. The van der Waals surface area contributed by atoms with Gasteiger partial charge in [-0.25, -0.2) is 4.98 Å². The number of nitrogens with zero attached hydrogens (tertiary/aromatic N) is 3. The molecule has 1 amide bonds. The van der Waals surface area contributed by atoms with Gasteiger partial charge in [-0.1, -0.05) is 23.9 Å². The van der Waals surface area contributed by atoms with Crippen LogP contribution in [-0.2, 0) is 17.8 Å². The molecule has 4 rings (SSSR count). The van der Waals surface area contributed by atoms with Gasteiger partial charge in [0.1, 0.15) is 0 Å². The highest BCUT2D eigenvalue weighted by Crippen LogP contribution is 2.31. The van der Waals surface area contributed by atoms with E-state index in [0.29, 0.717) is 41.1 Å². The van der Waals surface area contributed by atoms with Crippen molar-refractivity contribution >= 4 is 40.0 Å². The Morgan fingerprint density at radius 3 is 2.75 bits per heavy atom. The van der Waals surface area contributed by atoms with Gasteiger partial charge in [0.25, 0.3) is 5.56 Å². The van der Waals surface area contributed by atoms with Gasteiger partial charge < -0.3 is 10.0 Å². The summed E-state index contributed by atoms with van der Waals surface area (Å²) in [5.74, 6) is -0.0647. The molecule has 0 fully saturated rings. The number of carbonyl (C=O) groups excluding carboxylic acids is 2. The van der Waals surface area contributed by atoms with Crippen molar-refractivity contribution in [2.24, 2.45) is 0 Å². The van der Waals surface area contributed by atoms with E-state index in [1.807, 2.05) is 18.2 Å². The third-order valence-electron chi connectivity index (χ3n) is 5.66. The Balaban J connectivity index is 1.62. The SMILES string of the molecule is CC(=O)N1CCc2cc(C(=O)[C@@H](C)Sc3nc4ccccc4c(=O)n3CCCO)ccc21. The second-order valence-corrected chi connectivity index (χ2v) is 9.14. The highest BCUT2D eigenvalue weighted by Gasteiger charge is 2.25. The Bertz CT molecular complexity index is 1250. The van der Waals surface area contributed by atoms with Crippen LogP contribution in [0.2, 0.25) is 0 Å². The summed E-state index contributed by atoms with van der Waals surface area (Å²) in [7, 11) is 0. The number of aliphatic hydroxyl groups excluding tert-OH is 1. The van der Waals surface area contributed by atoms with Crippen LogP contribution in [-0.4, -0.2) is 44.7 Å². The summed E-state index contributed by atoms with van der Waals surface area (Å²) in [6.45, 7) is 4.27. The predicted molar refractivity (Wildman–Crippen MR) is 126 cm³/mol. The third-order valence-corrected chi connectivity index (χ3v) is 6.75. The highest BCUT2D eigenvalue weighted by atomic mass is 32.2. The molecule has 3 aromatic rings. The van der Waals surface area contributed by atoms with Crippen LogP contribution in [0.4, 0.5) is 5.69 Å². The monoisotopic (exact) mass is 451 g/mol. The fourth-order valence-corrected chi connectivity index (χ4v) is 5.00. The molecule has 1 aliphatic rings. The predicted octanol–water partition coefficient (Wildman–Crippen LogP) is 3.05. The normalized spacial score (nSPS) is 13.9. The van der Waals surface area contributed by atoms with Gasteiger partial charge in [-0.3, -0.25) is 19.0 Å². The summed E-state index contributed by atoms with van der Waals surface area (Å²) in [5.41, 5.74) is 2.85. The maximum Gasteiger partial charge on any atom is 0.262 e. The first-order chi connectivity index (χ1) is 15.4. The second-order valence-electron chi connectivity index (χ2n) is 7.83. The van der Waals surface area contributed by atoms with Crippen LogP contribution in [0.5, 0.6) is 0 Å². The molecule has 0 aliphatic carbocycles. The van der Waals surface area contributed by atoms with Gasteiger partial charge in [0.15, 0.2) is 10.9 Å². The summed E-state index contributed by atoms with van der Waals surface area (Å²) < 4.78 is 1.54. The number of carbonyl (C=O) groups is 2. The molecule has 1 atom stereocenters. The lowest BCUT2D eigenvalue weighted by Crippen LogP contribution is -2.26. The molecule has 0 saturated heterocycles. The standard InChI is InChI=1S/C24H25N3O4S/c1-15(22(30)18-8-9-21-17(14-18)10-12-26(21)16(2)29)32-24-25-20-7-4-3-6-19(20)23(31)27(24)11-5-13-28/h3-4,6-9,14-15,28H,5,10-13H2,1-2H3/t15-/m1/s1. The summed E-state index contributed by atoms with van der Waals surface area (Å²) in [6.07, 6.45) is 1.15. The van der Waals surface area contributed by atoms with E-state index in [1.54, 1.807) is 47.6 Å². The van der Waals surface area contributed by atoms with Gasteiger partial charge >= 0.3 is 0 Å². The molecule has 0 saturated carbocycles. The van der Waals surface area contributed by atoms with Crippen molar-refractivity contribution in [3.63, 3.8) is 0 Å². The molecule has 8 heteroatoms. The van der Waals surface area contributed by atoms with Crippen molar-refractivity contribution in [3.05, 3.63) is 63.9 Å². The lowest BCUT2D eigenvalue weighted by atomic mass is 10.0. The highest BCUT2D eigenvalue weighted by molar-refractivity contribution is 8.00. The lowest BCUT2D eigenvalue weighted by Gasteiger charge is -2.17. The molecule has 0 radical (unpaired) electrons. The number of hydrogen-bond donors (Lipinski definition) is 1. The number of amides is 1. The van der Waals surface area contributed by atoms with Gasteiger partial charge in [-0.2, -0.15) is 0 Å². The Hall–Kier alpha value is -2.97. The van der Waals surface area contributed by atoms with E-state index in [9.17, 15) is 19.5 Å². The zero-order chi connectivity index (χ0) is 22.8. The molecule has 0 unspecified atom stereocenters. The minimum Gasteiger partial charge on any atom is -0.396 e. The van der Waals surface area contributed by atoms with E-state index < -0.39 is 5.25 Å². The Kier molecular flexibility index (Phi) is 6.43. The lowest BCUT2D eigenvalue weighted by molar-refractivity contribution is -0.116. The summed E-state index contributed by atoms with van der Waals surface area (Å²) >= 11 is 1.25. The second kappa shape index (κ2) is 9.26. The molecule has 166 valence electrons. The number of Topliss-reactive ketones (excluding diaryl/α,β-unsaturated/α-hetero) is 1. The van der Waals surface area contributed by atoms with Crippen LogP contribution in [0.3, 0.4) is 0 Å². The van der Waals surface area contributed by atoms with Crippen molar-refractivity contribution in [2.45, 2.75) is 43.6 Å². The molecule has 1 N–H and O–H groups in total. The zero-order valence-electron chi connectivity index (χ0n) is 18.1. The fraction of sp³-hybridized carbons (Fsp3) is 0.333. The van der Waals surface area contributed by atoms with Crippen molar-refractivity contribution in [1.29, 1.82) is 0 Å². The fourth-order valence-electron chi connectivity index (χ4n) is 3.99. The van der Waals surface area contributed by atoms with E-state index in [0.717, 1.165) is 17.7 Å².